The highest BCUT2D eigenvalue weighted by atomic mass is 19.1. The van der Waals surface area contributed by atoms with Gasteiger partial charge in [0.25, 0.3) is 0 Å². The number of aromatic nitrogens is 1. The molecule has 0 radical (unpaired) electrons. The minimum absolute atomic E-state index is 0.199. The predicted molar refractivity (Wildman–Crippen MR) is 78.4 cm³/mol. The summed E-state index contributed by atoms with van der Waals surface area (Å²) in [6, 6.07) is 12.6. The van der Waals surface area contributed by atoms with E-state index in [2.05, 4.69) is 0 Å². The Kier molecular flexibility index (Phi) is 3.06. The highest BCUT2D eigenvalue weighted by Gasteiger charge is 2.06. The summed E-state index contributed by atoms with van der Waals surface area (Å²) in [5, 5.41) is 0.633. The molecule has 3 aromatic rings. The van der Waals surface area contributed by atoms with Crippen LogP contribution < -0.4 is 10.5 Å². The van der Waals surface area contributed by atoms with Crippen LogP contribution in [0.25, 0.3) is 10.9 Å². The van der Waals surface area contributed by atoms with E-state index in [9.17, 15) is 4.39 Å². The zero-order valence-electron chi connectivity index (χ0n) is 11.1. The van der Waals surface area contributed by atoms with Crippen LogP contribution in [-0.2, 0) is 6.54 Å². The maximum atomic E-state index is 13.7. The monoisotopic (exact) mass is 270 g/mol. The van der Waals surface area contributed by atoms with Gasteiger partial charge in [-0.15, -0.1) is 0 Å². The van der Waals surface area contributed by atoms with Gasteiger partial charge in [-0.3, -0.25) is 0 Å². The molecule has 4 heteroatoms. The number of benzene rings is 2. The van der Waals surface area contributed by atoms with Gasteiger partial charge in [0, 0.05) is 18.1 Å². The molecule has 0 unspecified atom stereocenters. The Morgan fingerprint density at radius 3 is 2.80 bits per heavy atom. The second-order valence-electron chi connectivity index (χ2n) is 4.69. The minimum atomic E-state index is -0.199. The Hall–Kier alpha value is -2.49. The molecule has 0 bridgehead atoms. The van der Waals surface area contributed by atoms with Gasteiger partial charge in [0.05, 0.1) is 18.3 Å². The van der Waals surface area contributed by atoms with Crippen molar-refractivity contribution < 1.29 is 9.13 Å². The highest BCUT2D eigenvalue weighted by molar-refractivity contribution is 5.80. The molecule has 3 rings (SSSR count). The average Bonchev–Trinajstić information content (AvgIpc) is 2.84. The number of anilines is 1. The standard InChI is InChI=1S/C16H15FN2O/c1-20-16-6-5-11(9-14(16)18)10-19-8-7-12-13(17)3-2-4-15(12)19/h2-9H,10,18H2,1H3. The first-order chi connectivity index (χ1) is 9.69. The molecule has 0 spiro atoms. The Morgan fingerprint density at radius 1 is 1.20 bits per heavy atom. The van der Waals surface area contributed by atoms with Gasteiger partial charge >= 0.3 is 0 Å². The lowest BCUT2D eigenvalue weighted by Gasteiger charge is -2.09. The second kappa shape index (κ2) is 4.89. The van der Waals surface area contributed by atoms with E-state index in [1.165, 1.54) is 6.07 Å². The van der Waals surface area contributed by atoms with Crippen molar-refractivity contribution in [3.8, 4) is 5.75 Å². The predicted octanol–water partition coefficient (Wildman–Crippen LogP) is 3.42. The fraction of sp³-hybridized carbons (Fsp3) is 0.125. The van der Waals surface area contributed by atoms with Crippen LogP contribution >= 0.6 is 0 Å². The number of rotatable bonds is 3. The lowest BCUT2D eigenvalue weighted by Crippen LogP contribution is -2.00. The van der Waals surface area contributed by atoms with E-state index in [-0.39, 0.29) is 5.82 Å². The van der Waals surface area contributed by atoms with Crippen LogP contribution in [0.2, 0.25) is 0 Å². The average molecular weight is 270 g/mol. The Balaban J connectivity index is 1.97. The summed E-state index contributed by atoms with van der Waals surface area (Å²) in [7, 11) is 1.59. The Morgan fingerprint density at radius 2 is 2.05 bits per heavy atom. The number of hydrogen-bond donors (Lipinski definition) is 1. The van der Waals surface area contributed by atoms with E-state index in [0.29, 0.717) is 23.4 Å². The quantitative estimate of drug-likeness (QED) is 0.741. The van der Waals surface area contributed by atoms with Gasteiger partial charge in [-0.1, -0.05) is 12.1 Å². The molecule has 0 fully saturated rings. The summed E-state index contributed by atoms with van der Waals surface area (Å²) in [4.78, 5) is 0. The number of nitrogens with zero attached hydrogens (tertiary/aromatic N) is 1. The number of ether oxygens (including phenoxy) is 1. The molecule has 0 aliphatic carbocycles. The first-order valence-corrected chi connectivity index (χ1v) is 6.35. The van der Waals surface area contributed by atoms with Crippen LogP contribution in [0, 0.1) is 5.82 Å². The van der Waals surface area contributed by atoms with Crippen molar-refractivity contribution in [2.45, 2.75) is 6.54 Å². The summed E-state index contributed by atoms with van der Waals surface area (Å²) in [5.74, 6) is 0.465. The molecule has 0 atom stereocenters. The van der Waals surface area contributed by atoms with Crippen molar-refractivity contribution >= 4 is 16.6 Å². The SMILES string of the molecule is COc1ccc(Cn2ccc3c(F)cccc32)cc1N. The number of hydrogen-bond acceptors (Lipinski definition) is 2. The normalized spacial score (nSPS) is 10.9. The lowest BCUT2D eigenvalue weighted by atomic mass is 10.2. The number of halogens is 1. The fourth-order valence-electron chi connectivity index (χ4n) is 2.40. The van der Waals surface area contributed by atoms with Gasteiger partial charge < -0.3 is 15.0 Å². The smallest absolute Gasteiger partial charge is 0.141 e. The molecule has 1 heterocycles. The number of fused-ring (bicyclic) bond motifs is 1. The number of methoxy groups -OCH3 is 1. The van der Waals surface area contributed by atoms with Crippen LogP contribution in [-0.4, -0.2) is 11.7 Å². The first kappa shape index (κ1) is 12.5. The van der Waals surface area contributed by atoms with Gasteiger partial charge in [0.1, 0.15) is 11.6 Å². The molecule has 0 saturated heterocycles. The molecule has 2 aromatic carbocycles. The van der Waals surface area contributed by atoms with Gasteiger partial charge in [0.2, 0.25) is 0 Å². The summed E-state index contributed by atoms with van der Waals surface area (Å²) in [5.41, 5.74) is 8.43. The zero-order chi connectivity index (χ0) is 14.1. The van der Waals surface area contributed by atoms with Crippen LogP contribution in [0.4, 0.5) is 10.1 Å². The molecule has 0 aliphatic heterocycles. The highest BCUT2D eigenvalue weighted by Crippen LogP contribution is 2.24. The van der Waals surface area contributed by atoms with E-state index >= 15 is 0 Å². The van der Waals surface area contributed by atoms with E-state index in [1.54, 1.807) is 19.2 Å². The maximum absolute atomic E-state index is 13.7. The van der Waals surface area contributed by atoms with Crippen LogP contribution in [0.5, 0.6) is 5.75 Å². The molecule has 0 saturated carbocycles. The third kappa shape index (κ3) is 2.09. The van der Waals surface area contributed by atoms with Gasteiger partial charge in [0.15, 0.2) is 0 Å². The molecular weight excluding hydrogens is 255 g/mol. The van der Waals surface area contributed by atoms with Crippen molar-refractivity contribution in [1.29, 1.82) is 0 Å². The Labute approximate surface area is 116 Å². The first-order valence-electron chi connectivity index (χ1n) is 6.35. The van der Waals surface area contributed by atoms with Crippen LogP contribution in [0.1, 0.15) is 5.56 Å². The molecule has 0 amide bonds. The zero-order valence-corrected chi connectivity index (χ0v) is 11.1. The topological polar surface area (TPSA) is 40.2 Å². The van der Waals surface area contributed by atoms with E-state index < -0.39 is 0 Å². The Bertz CT molecular complexity index is 764. The third-order valence-electron chi connectivity index (χ3n) is 3.41. The van der Waals surface area contributed by atoms with E-state index in [4.69, 9.17) is 10.5 Å². The molecule has 102 valence electrons. The van der Waals surface area contributed by atoms with E-state index in [1.807, 2.05) is 35.0 Å². The van der Waals surface area contributed by atoms with Crippen LogP contribution in [0.15, 0.2) is 48.7 Å². The molecule has 1 aromatic heterocycles. The number of nitrogens with two attached hydrogens (primary N) is 1. The van der Waals surface area contributed by atoms with Crippen molar-refractivity contribution in [1.82, 2.24) is 4.57 Å². The molecule has 20 heavy (non-hydrogen) atoms. The molecular formula is C16H15FN2O. The second-order valence-corrected chi connectivity index (χ2v) is 4.69. The maximum Gasteiger partial charge on any atom is 0.141 e. The minimum Gasteiger partial charge on any atom is -0.495 e. The summed E-state index contributed by atoms with van der Waals surface area (Å²) in [6.45, 7) is 0.640. The summed E-state index contributed by atoms with van der Waals surface area (Å²) in [6.07, 6.45) is 1.88. The van der Waals surface area contributed by atoms with Crippen molar-refractivity contribution in [2.24, 2.45) is 0 Å². The fourth-order valence-corrected chi connectivity index (χ4v) is 2.40. The van der Waals surface area contributed by atoms with Gasteiger partial charge in [-0.2, -0.15) is 0 Å². The van der Waals surface area contributed by atoms with Crippen LogP contribution in [0.3, 0.4) is 0 Å². The lowest BCUT2D eigenvalue weighted by molar-refractivity contribution is 0.417. The van der Waals surface area contributed by atoms with Gasteiger partial charge in [-0.05, 0) is 35.9 Å². The number of nitrogen functional groups attached to an aromatic ring is 1. The largest absolute Gasteiger partial charge is 0.495 e. The summed E-state index contributed by atoms with van der Waals surface area (Å²) < 4.78 is 20.8. The van der Waals surface area contributed by atoms with Gasteiger partial charge in [-0.25, -0.2) is 4.39 Å². The van der Waals surface area contributed by atoms with E-state index in [0.717, 1.165) is 11.1 Å². The molecule has 2 N–H and O–H groups in total. The van der Waals surface area contributed by atoms with Crippen molar-refractivity contribution in [3.63, 3.8) is 0 Å². The van der Waals surface area contributed by atoms with Crippen molar-refractivity contribution in [3.05, 3.63) is 60.0 Å². The molecule has 3 nitrogen and oxygen atoms in total. The van der Waals surface area contributed by atoms with Crippen molar-refractivity contribution in [2.75, 3.05) is 12.8 Å². The molecule has 0 aliphatic rings. The third-order valence-corrected chi connectivity index (χ3v) is 3.41. The summed E-state index contributed by atoms with van der Waals surface area (Å²) >= 11 is 0.